The number of hydrogen-bond donors (Lipinski definition) is 1. The summed E-state index contributed by atoms with van der Waals surface area (Å²) in [6, 6.07) is 1.22. The van der Waals surface area contributed by atoms with Gasteiger partial charge in [-0.05, 0) is 28.9 Å². The number of nitrogens with two attached hydrogens (primary N) is 1. The molecular weight excluding hydrogens is 241 g/mol. The van der Waals surface area contributed by atoms with Crippen molar-refractivity contribution in [2.24, 2.45) is 5.73 Å². The molecule has 0 aliphatic carbocycles. The van der Waals surface area contributed by atoms with Crippen molar-refractivity contribution < 1.29 is 4.79 Å². The van der Waals surface area contributed by atoms with E-state index in [1.807, 2.05) is 0 Å². The lowest BCUT2D eigenvalue weighted by Gasteiger charge is -2.11. The summed E-state index contributed by atoms with van der Waals surface area (Å²) in [4.78, 5) is 35.3. The molecule has 1 aromatic heterocycles. The van der Waals surface area contributed by atoms with E-state index in [1.165, 1.54) is 10.4 Å². The van der Waals surface area contributed by atoms with Crippen LogP contribution in [0.1, 0.15) is 23.8 Å². The standard InChI is InChI=1S/C10H16N3O3P/c1-3-12-9(15)6-7(8(14)4-5-11)13(17-2)10(12)16/h6,17H,3-5,11H2,1-2H3. The zero-order valence-electron chi connectivity index (χ0n) is 9.90. The molecule has 0 fully saturated rings. The molecule has 6 nitrogen and oxygen atoms in total. The highest BCUT2D eigenvalue weighted by Crippen LogP contribution is 2.10. The van der Waals surface area contributed by atoms with Gasteiger partial charge >= 0.3 is 5.69 Å². The van der Waals surface area contributed by atoms with Gasteiger partial charge in [0.05, 0.1) is 5.69 Å². The number of nitrogens with zero attached hydrogens (tertiary/aromatic N) is 2. The summed E-state index contributed by atoms with van der Waals surface area (Å²) in [5, 5.41) is 0. The summed E-state index contributed by atoms with van der Waals surface area (Å²) in [5.41, 5.74) is 4.60. The number of carbonyl (C=O) groups is 1. The summed E-state index contributed by atoms with van der Waals surface area (Å²) in [6.45, 7) is 4.00. The third-order valence-corrected chi connectivity index (χ3v) is 3.27. The molecule has 0 radical (unpaired) electrons. The predicted octanol–water partition coefficient (Wildman–Crippen LogP) is -0.367. The first kappa shape index (κ1) is 13.8. The lowest BCUT2D eigenvalue weighted by atomic mass is 10.2. The molecule has 1 heterocycles. The van der Waals surface area contributed by atoms with E-state index in [9.17, 15) is 14.4 Å². The van der Waals surface area contributed by atoms with Gasteiger partial charge in [0.2, 0.25) is 0 Å². The molecule has 1 unspecified atom stereocenters. The molecule has 2 N–H and O–H groups in total. The van der Waals surface area contributed by atoms with Gasteiger partial charge in [0.15, 0.2) is 5.78 Å². The Morgan fingerprint density at radius 2 is 2.12 bits per heavy atom. The number of Topliss-reactive ketones (excluding diaryl/α,β-unsaturated/α-hetero) is 1. The Labute approximate surface area is 100 Å². The smallest absolute Gasteiger partial charge is 0.330 e. The molecule has 0 saturated heterocycles. The van der Waals surface area contributed by atoms with Gasteiger partial charge in [-0.2, -0.15) is 0 Å². The maximum absolute atomic E-state index is 11.9. The summed E-state index contributed by atoms with van der Waals surface area (Å²) < 4.78 is 2.44. The predicted molar refractivity (Wildman–Crippen MR) is 68.3 cm³/mol. The second kappa shape index (κ2) is 5.89. The minimum absolute atomic E-state index is 0.104. The Kier molecular flexibility index (Phi) is 4.78. The van der Waals surface area contributed by atoms with Crippen molar-refractivity contribution in [1.82, 2.24) is 8.90 Å². The molecule has 0 bridgehead atoms. The molecular formula is C10H16N3O3P. The van der Waals surface area contributed by atoms with Crippen LogP contribution >= 0.6 is 8.73 Å². The van der Waals surface area contributed by atoms with E-state index in [-0.39, 0.29) is 33.2 Å². The van der Waals surface area contributed by atoms with E-state index < -0.39 is 11.2 Å². The SMILES string of the molecule is CCn1c(=O)cc(C(=O)CCN)n(PC)c1=O. The van der Waals surface area contributed by atoms with Gasteiger partial charge in [0.1, 0.15) is 0 Å². The normalized spacial score (nSPS) is 11.2. The first-order valence-corrected chi connectivity index (χ1v) is 6.79. The van der Waals surface area contributed by atoms with Crippen molar-refractivity contribution in [2.75, 3.05) is 13.2 Å². The highest BCUT2D eigenvalue weighted by Gasteiger charge is 2.14. The van der Waals surface area contributed by atoms with Gasteiger partial charge < -0.3 is 5.73 Å². The Balaban J connectivity index is 3.47. The second-order valence-corrected chi connectivity index (χ2v) is 4.31. The van der Waals surface area contributed by atoms with E-state index in [2.05, 4.69) is 0 Å². The van der Waals surface area contributed by atoms with Crippen LogP contribution < -0.4 is 17.0 Å². The van der Waals surface area contributed by atoms with E-state index in [1.54, 1.807) is 13.6 Å². The lowest BCUT2D eigenvalue weighted by Crippen LogP contribution is -2.39. The van der Waals surface area contributed by atoms with Crippen LogP contribution in [0.4, 0.5) is 0 Å². The zero-order valence-corrected chi connectivity index (χ0v) is 10.9. The summed E-state index contributed by atoms with van der Waals surface area (Å²) in [6.07, 6.45) is 0.138. The average Bonchev–Trinajstić information content (AvgIpc) is 2.29. The summed E-state index contributed by atoms with van der Waals surface area (Å²) in [5.74, 6) is -0.265. The molecule has 1 aromatic rings. The van der Waals surface area contributed by atoms with Crippen molar-refractivity contribution in [2.45, 2.75) is 19.9 Å². The number of carbonyl (C=O) groups excluding carboxylic acids is 1. The summed E-state index contributed by atoms with van der Waals surface area (Å²) in [7, 11) is 0.104. The molecule has 1 atom stereocenters. The van der Waals surface area contributed by atoms with E-state index in [0.717, 1.165) is 4.57 Å². The van der Waals surface area contributed by atoms with Crippen LogP contribution in [-0.4, -0.2) is 27.9 Å². The third-order valence-electron chi connectivity index (χ3n) is 2.39. The molecule has 0 aliphatic rings. The number of ketones is 1. The fourth-order valence-corrected chi connectivity index (χ4v) is 2.29. The number of rotatable bonds is 5. The highest BCUT2D eigenvalue weighted by molar-refractivity contribution is 7.35. The van der Waals surface area contributed by atoms with Gasteiger partial charge in [-0.25, -0.2) is 4.79 Å². The van der Waals surface area contributed by atoms with Crippen LogP contribution in [0.2, 0.25) is 0 Å². The van der Waals surface area contributed by atoms with Crippen LogP contribution in [0.5, 0.6) is 0 Å². The maximum atomic E-state index is 11.9. The largest absolute Gasteiger partial charge is 0.334 e. The number of hydrogen-bond acceptors (Lipinski definition) is 4. The molecule has 7 heteroatoms. The quantitative estimate of drug-likeness (QED) is 0.576. The first-order chi connectivity index (χ1) is 8.06. The van der Waals surface area contributed by atoms with Crippen molar-refractivity contribution in [3.63, 3.8) is 0 Å². The van der Waals surface area contributed by atoms with Crippen LogP contribution in [0.15, 0.2) is 15.7 Å². The molecule has 17 heavy (non-hydrogen) atoms. The van der Waals surface area contributed by atoms with Crippen molar-refractivity contribution in [3.8, 4) is 0 Å². The zero-order chi connectivity index (χ0) is 13.0. The molecule has 94 valence electrons. The van der Waals surface area contributed by atoms with E-state index in [0.29, 0.717) is 6.54 Å². The highest BCUT2D eigenvalue weighted by atomic mass is 31.1. The molecule has 0 aliphatic heterocycles. The average molecular weight is 257 g/mol. The van der Waals surface area contributed by atoms with Gasteiger partial charge in [0.25, 0.3) is 5.56 Å². The second-order valence-electron chi connectivity index (χ2n) is 3.42. The Bertz CT molecular complexity index is 533. The van der Waals surface area contributed by atoms with Gasteiger partial charge in [-0.15, -0.1) is 0 Å². The van der Waals surface area contributed by atoms with Crippen LogP contribution in [0.25, 0.3) is 0 Å². The number of aromatic nitrogens is 2. The van der Waals surface area contributed by atoms with Gasteiger partial charge in [-0.3, -0.25) is 18.5 Å². The van der Waals surface area contributed by atoms with E-state index in [4.69, 9.17) is 5.73 Å². The van der Waals surface area contributed by atoms with Crippen LogP contribution in [-0.2, 0) is 6.54 Å². The minimum atomic E-state index is -0.438. The fraction of sp³-hybridized carbons (Fsp3) is 0.500. The van der Waals surface area contributed by atoms with Crippen LogP contribution in [0.3, 0.4) is 0 Å². The Morgan fingerprint density at radius 3 is 2.59 bits per heavy atom. The molecule has 0 amide bonds. The topological polar surface area (TPSA) is 87.1 Å². The fourth-order valence-electron chi connectivity index (χ4n) is 1.55. The Morgan fingerprint density at radius 1 is 1.47 bits per heavy atom. The molecule has 0 aromatic carbocycles. The lowest BCUT2D eigenvalue weighted by molar-refractivity contribution is 0.0978. The van der Waals surface area contributed by atoms with E-state index >= 15 is 0 Å². The first-order valence-electron chi connectivity index (χ1n) is 5.34. The minimum Gasteiger partial charge on any atom is -0.330 e. The molecule has 0 spiro atoms. The maximum Gasteiger partial charge on any atom is 0.334 e. The third kappa shape index (κ3) is 2.70. The monoisotopic (exact) mass is 257 g/mol. The summed E-state index contributed by atoms with van der Waals surface area (Å²) >= 11 is 0. The molecule has 1 rings (SSSR count). The van der Waals surface area contributed by atoms with Crippen molar-refractivity contribution in [1.29, 1.82) is 0 Å². The molecule has 0 saturated carbocycles. The van der Waals surface area contributed by atoms with Crippen molar-refractivity contribution >= 4 is 14.5 Å². The van der Waals surface area contributed by atoms with Crippen molar-refractivity contribution in [3.05, 3.63) is 32.6 Å². The van der Waals surface area contributed by atoms with Crippen LogP contribution in [0, 0.1) is 0 Å². The van der Waals surface area contributed by atoms with Gasteiger partial charge in [-0.1, -0.05) is 0 Å². The van der Waals surface area contributed by atoms with Gasteiger partial charge in [0, 0.05) is 19.0 Å². The Hall–Kier alpha value is -1.26.